The second-order valence-electron chi connectivity index (χ2n) is 6.16. The number of amides is 1. The number of carbonyl (C=O) groups excluding carboxylic acids is 1. The highest BCUT2D eigenvalue weighted by Crippen LogP contribution is 2.21. The first-order valence-corrected chi connectivity index (χ1v) is 8.81. The van der Waals surface area contributed by atoms with E-state index in [9.17, 15) is 4.79 Å². The molecule has 7 heteroatoms. The van der Waals surface area contributed by atoms with Crippen LogP contribution in [-0.4, -0.2) is 33.1 Å². The molecule has 0 aliphatic heterocycles. The molecule has 7 nitrogen and oxygen atoms in total. The predicted octanol–water partition coefficient (Wildman–Crippen LogP) is 3.58. The number of hydrogen-bond donors (Lipinski definition) is 3. The van der Waals surface area contributed by atoms with Crippen LogP contribution in [0.5, 0.6) is 0 Å². The molecular weight excluding hydrogens is 352 g/mol. The number of aromatic nitrogens is 4. The second kappa shape index (κ2) is 8.13. The van der Waals surface area contributed by atoms with E-state index >= 15 is 0 Å². The fourth-order valence-corrected chi connectivity index (χ4v) is 2.82. The van der Waals surface area contributed by atoms with Crippen molar-refractivity contribution < 1.29 is 4.79 Å². The van der Waals surface area contributed by atoms with Crippen LogP contribution in [0, 0.1) is 0 Å². The van der Waals surface area contributed by atoms with E-state index in [1.807, 2.05) is 66.7 Å². The number of H-pyrrole nitrogens is 1. The van der Waals surface area contributed by atoms with Gasteiger partial charge in [-0.15, -0.1) is 10.2 Å². The maximum Gasteiger partial charge on any atom is 0.243 e. The van der Waals surface area contributed by atoms with Crippen molar-refractivity contribution in [2.24, 2.45) is 0 Å². The Morgan fingerprint density at radius 1 is 0.821 bits per heavy atom. The van der Waals surface area contributed by atoms with Gasteiger partial charge < -0.3 is 10.6 Å². The van der Waals surface area contributed by atoms with E-state index in [4.69, 9.17) is 0 Å². The SMILES string of the molecule is O=C(CNc1cccc(-c2nn[nH]n2)c1)Nc1ccc(-c2ccccc2)cc1. The molecule has 4 rings (SSSR count). The van der Waals surface area contributed by atoms with Gasteiger partial charge in [-0.2, -0.15) is 5.21 Å². The van der Waals surface area contributed by atoms with Gasteiger partial charge in [-0.05, 0) is 40.6 Å². The van der Waals surface area contributed by atoms with Crippen molar-refractivity contribution in [2.45, 2.75) is 0 Å². The average Bonchev–Trinajstić information content (AvgIpc) is 3.29. The van der Waals surface area contributed by atoms with Crippen LogP contribution < -0.4 is 10.6 Å². The van der Waals surface area contributed by atoms with E-state index in [1.54, 1.807) is 0 Å². The van der Waals surface area contributed by atoms with Gasteiger partial charge in [0.2, 0.25) is 11.7 Å². The molecule has 28 heavy (non-hydrogen) atoms. The first-order valence-electron chi connectivity index (χ1n) is 8.81. The lowest BCUT2D eigenvalue weighted by Crippen LogP contribution is -2.21. The number of hydrogen-bond acceptors (Lipinski definition) is 5. The summed E-state index contributed by atoms with van der Waals surface area (Å²) in [5, 5.41) is 19.9. The fourth-order valence-electron chi connectivity index (χ4n) is 2.82. The van der Waals surface area contributed by atoms with E-state index in [2.05, 4.69) is 43.4 Å². The van der Waals surface area contributed by atoms with Crippen molar-refractivity contribution in [3.63, 3.8) is 0 Å². The van der Waals surface area contributed by atoms with Crippen molar-refractivity contribution >= 4 is 17.3 Å². The minimum absolute atomic E-state index is 0.127. The highest BCUT2D eigenvalue weighted by atomic mass is 16.1. The number of nitrogens with zero attached hydrogens (tertiary/aromatic N) is 3. The van der Waals surface area contributed by atoms with Crippen LogP contribution in [0.15, 0.2) is 78.9 Å². The van der Waals surface area contributed by atoms with Gasteiger partial charge in [-0.25, -0.2) is 0 Å². The predicted molar refractivity (Wildman–Crippen MR) is 109 cm³/mol. The monoisotopic (exact) mass is 370 g/mol. The fraction of sp³-hybridized carbons (Fsp3) is 0.0476. The molecule has 0 bridgehead atoms. The van der Waals surface area contributed by atoms with Crippen LogP contribution in [0.3, 0.4) is 0 Å². The van der Waals surface area contributed by atoms with Gasteiger partial charge in [0.15, 0.2) is 0 Å². The van der Waals surface area contributed by atoms with Crippen molar-refractivity contribution in [3.8, 4) is 22.5 Å². The van der Waals surface area contributed by atoms with E-state index in [-0.39, 0.29) is 12.5 Å². The van der Waals surface area contributed by atoms with Crippen LogP contribution in [0.1, 0.15) is 0 Å². The minimum atomic E-state index is -0.127. The molecule has 138 valence electrons. The van der Waals surface area contributed by atoms with Crippen molar-refractivity contribution in [3.05, 3.63) is 78.9 Å². The molecule has 0 spiro atoms. The molecule has 0 fully saturated rings. The molecule has 0 unspecified atom stereocenters. The molecule has 0 aliphatic carbocycles. The third-order valence-corrected chi connectivity index (χ3v) is 4.19. The number of anilines is 2. The van der Waals surface area contributed by atoms with Gasteiger partial charge >= 0.3 is 0 Å². The third kappa shape index (κ3) is 4.21. The van der Waals surface area contributed by atoms with Crippen molar-refractivity contribution in [2.75, 3.05) is 17.2 Å². The number of rotatable bonds is 6. The highest BCUT2D eigenvalue weighted by molar-refractivity contribution is 5.94. The van der Waals surface area contributed by atoms with E-state index in [0.29, 0.717) is 5.82 Å². The Hall–Kier alpha value is -4.00. The zero-order chi connectivity index (χ0) is 19.2. The number of benzene rings is 3. The van der Waals surface area contributed by atoms with Gasteiger partial charge in [-0.3, -0.25) is 4.79 Å². The standard InChI is InChI=1S/C21H18N6O/c28-20(14-22-19-8-4-7-17(13-19)21-24-26-27-25-21)23-18-11-9-16(10-12-18)15-5-2-1-3-6-15/h1-13,22H,14H2,(H,23,28)(H,24,25,26,27). The maximum atomic E-state index is 12.2. The molecule has 1 heterocycles. The number of carbonyl (C=O) groups is 1. The zero-order valence-corrected chi connectivity index (χ0v) is 15.0. The molecule has 1 amide bonds. The molecule has 0 saturated carbocycles. The summed E-state index contributed by atoms with van der Waals surface area (Å²) in [5.74, 6) is 0.379. The van der Waals surface area contributed by atoms with Gasteiger partial charge in [0, 0.05) is 16.9 Å². The van der Waals surface area contributed by atoms with E-state index in [0.717, 1.165) is 28.1 Å². The normalized spacial score (nSPS) is 10.4. The summed E-state index contributed by atoms with van der Waals surface area (Å²) in [7, 11) is 0. The number of tetrazole rings is 1. The lowest BCUT2D eigenvalue weighted by Gasteiger charge is -2.09. The molecule has 4 aromatic rings. The smallest absolute Gasteiger partial charge is 0.243 e. The lowest BCUT2D eigenvalue weighted by molar-refractivity contribution is -0.114. The first-order chi connectivity index (χ1) is 13.8. The van der Waals surface area contributed by atoms with E-state index in [1.165, 1.54) is 0 Å². The maximum absolute atomic E-state index is 12.2. The van der Waals surface area contributed by atoms with Gasteiger partial charge in [0.05, 0.1) is 6.54 Å². The molecule has 0 radical (unpaired) electrons. The molecule has 1 aromatic heterocycles. The van der Waals surface area contributed by atoms with Gasteiger partial charge in [-0.1, -0.05) is 54.6 Å². The molecule has 0 atom stereocenters. The Morgan fingerprint density at radius 2 is 1.57 bits per heavy atom. The summed E-state index contributed by atoms with van der Waals surface area (Å²) in [6.45, 7) is 0.149. The van der Waals surface area contributed by atoms with Crippen molar-refractivity contribution in [1.29, 1.82) is 0 Å². The van der Waals surface area contributed by atoms with Crippen molar-refractivity contribution in [1.82, 2.24) is 20.6 Å². The third-order valence-electron chi connectivity index (χ3n) is 4.19. The molecule has 3 aromatic carbocycles. The largest absolute Gasteiger partial charge is 0.376 e. The van der Waals surface area contributed by atoms with Gasteiger partial charge in [0.25, 0.3) is 0 Å². The van der Waals surface area contributed by atoms with Gasteiger partial charge in [0.1, 0.15) is 0 Å². The van der Waals surface area contributed by atoms with E-state index < -0.39 is 0 Å². The summed E-state index contributed by atoms with van der Waals surface area (Å²) < 4.78 is 0. The summed E-state index contributed by atoms with van der Waals surface area (Å²) in [6.07, 6.45) is 0. The summed E-state index contributed by atoms with van der Waals surface area (Å²) in [6, 6.07) is 25.4. The Morgan fingerprint density at radius 3 is 2.32 bits per heavy atom. The number of nitrogens with one attached hydrogen (secondary N) is 3. The summed E-state index contributed by atoms with van der Waals surface area (Å²) in [5.41, 5.74) is 4.62. The second-order valence-corrected chi connectivity index (χ2v) is 6.16. The Bertz CT molecular complexity index is 1050. The van der Waals surface area contributed by atoms with Crippen LogP contribution in [0.4, 0.5) is 11.4 Å². The topological polar surface area (TPSA) is 95.6 Å². The molecule has 0 aliphatic rings. The molecular formula is C21H18N6O. The molecule has 3 N–H and O–H groups in total. The Labute approximate surface area is 161 Å². The average molecular weight is 370 g/mol. The van der Waals surface area contributed by atoms with Crippen LogP contribution in [-0.2, 0) is 4.79 Å². The first kappa shape index (κ1) is 17.4. The molecule has 0 saturated heterocycles. The number of aromatic amines is 1. The van der Waals surface area contributed by atoms with Crippen LogP contribution in [0.25, 0.3) is 22.5 Å². The summed E-state index contributed by atoms with van der Waals surface area (Å²) in [4.78, 5) is 12.2. The quantitative estimate of drug-likeness (QED) is 0.482. The van der Waals surface area contributed by atoms with Crippen LogP contribution in [0.2, 0.25) is 0 Å². The zero-order valence-electron chi connectivity index (χ0n) is 15.0. The summed E-state index contributed by atoms with van der Waals surface area (Å²) >= 11 is 0. The van der Waals surface area contributed by atoms with Crippen LogP contribution >= 0.6 is 0 Å². The Kier molecular flexibility index (Phi) is 5.06. The highest BCUT2D eigenvalue weighted by Gasteiger charge is 2.06. The lowest BCUT2D eigenvalue weighted by atomic mass is 10.1. The minimum Gasteiger partial charge on any atom is -0.376 e. The Balaban J connectivity index is 1.34.